The number of carbonyl (C=O) groups excluding carboxylic acids is 3. The van der Waals surface area contributed by atoms with Gasteiger partial charge in [-0.1, -0.05) is 22.0 Å². The van der Waals surface area contributed by atoms with Crippen molar-refractivity contribution < 1.29 is 18.8 Å². The SMILES string of the molecule is O=C(NCc1ccco1)C1CCN(C(=O)C2CC(=O)N(c3cccc(Br)c3)C2)CC1. The lowest BCUT2D eigenvalue weighted by atomic mass is 9.94. The van der Waals surface area contributed by atoms with E-state index in [1.807, 2.05) is 30.3 Å². The van der Waals surface area contributed by atoms with Gasteiger partial charge in [0, 0.05) is 42.1 Å². The van der Waals surface area contributed by atoms with E-state index < -0.39 is 0 Å². The second kappa shape index (κ2) is 9.04. The summed E-state index contributed by atoms with van der Waals surface area (Å²) in [6.45, 7) is 1.86. The van der Waals surface area contributed by atoms with Gasteiger partial charge in [0.05, 0.1) is 18.7 Å². The van der Waals surface area contributed by atoms with Gasteiger partial charge in [-0.05, 0) is 43.2 Å². The number of amides is 3. The molecular weight excluding hydrogens is 450 g/mol. The molecule has 2 aliphatic rings. The lowest BCUT2D eigenvalue weighted by molar-refractivity contribution is -0.139. The van der Waals surface area contributed by atoms with Gasteiger partial charge in [-0.25, -0.2) is 0 Å². The first-order chi connectivity index (χ1) is 14.5. The molecule has 1 aromatic heterocycles. The number of halogens is 1. The van der Waals surface area contributed by atoms with E-state index >= 15 is 0 Å². The van der Waals surface area contributed by atoms with E-state index in [1.54, 1.807) is 22.1 Å². The number of piperidine rings is 1. The Bertz CT molecular complexity index is 922. The van der Waals surface area contributed by atoms with Gasteiger partial charge in [-0.15, -0.1) is 0 Å². The lowest BCUT2D eigenvalue weighted by Crippen LogP contribution is -2.45. The molecule has 2 fully saturated rings. The van der Waals surface area contributed by atoms with Crippen molar-refractivity contribution in [2.24, 2.45) is 11.8 Å². The van der Waals surface area contributed by atoms with E-state index in [9.17, 15) is 14.4 Å². The minimum absolute atomic E-state index is 0.00428. The molecule has 1 atom stereocenters. The molecule has 30 heavy (non-hydrogen) atoms. The highest BCUT2D eigenvalue weighted by atomic mass is 79.9. The highest BCUT2D eigenvalue weighted by Gasteiger charge is 2.38. The molecule has 1 unspecified atom stereocenters. The van der Waals surface area contributed by atoms with Crippen LogP contribution in [0, 0.1) is 11.8 Å². The van der Waals surface area contributed by atoms with Gasteiger partial charge in [0.25, 0.3) is 0 Å². The van der Waals surface area contributed by atoms with Crippen molar-refractivity contribution in [2.45, 2.75) is 25.8 Å². The molecule has 158 valence electrons. The van der Waals surface area contributed by atoms with Gasteiger partial charge < -0.3 is 19.5 Å². The Morgan fingerprint density at radius 2 is 1.93 bits per heavy atom. The van der Waals surface area contributed by atoms with Crippen LogP contribution in [0.25, 0.3) is 0 Å². The smallest absolute Gasteiger partial charge is 0.228 e. The normalized spacial score (nSPS) is 19.9. The standard InChI is InChI=1S/C22H24BrN3O4/c23-17-3-1-4-18(12-17)26-14-16(11-20(26)27)22(29)25-8-6-15(7-9-25)21(28)24-13-19-5-2-10-30-19/h1-5,10,12,15-16H,6-9,11,13-14H2,(H,24,28). The zero-order chi connectivity index (χ0) is 21.1. The third-order valence-electron chi connectivity index (χ3n) is 5.79. The van der Waals surface area contributed by atoms with Crippen molar-refractivity contribution in [1.82, 2.24) is 10.2 Å². The summed E-state index contributed by atoms with van der Waals surface area (Å²) in [6.07, 6.45) is 3.07. The zero-order valence-electron chi connectivity index (χ0n) is 16.6. The third-order valence-corrected chi connectivity index (χ3v) is 6.28. The molecule has 2 aromatic rings. The Balaban J connectivity index is 1.28. The van der Waals surface area contributed by atoms with Crippen molar-refractivity contribution in [1.29, 1.82) is 0 Å². The maximum Gasteiger partial charge on any atom is 0.228 e. The number of nitrogens with zero attached hydrogens (tertiary/aromatic N) is 2. The van der Waals surface area contributed by atoms with Gasteiger partial charge >= 0.3 is 0 Å². The van der Waals surface area contributed by atoms with E-state index in [1.165, 1.54) is 0 Å². The topological polar surface area (TPSA) is 82.9 Å². The van der Waals surface area contributed by atoms with E-state index in [4.69, 9.17) is 4.42 Å². The molecule has 0 aliphatic carbocycles. The summed E-state index contributed by atoms with van der Waals surface area (Å²) in [6, 6.07) is 11.2. The van der Waals surface area contributed by atoms with Crippen molar-refractivity contribution in [3.63, 3.8) is 0 Å². The minimum Gasteiger partial charge on any atom is -0.467 e. The number of furan rings is 1. The number of benzene rings is 1. The van der Waals surface area contributed by atoms with Crippen LogP contribution < -0.4 is 10.2 Å². The summed E-state index contributed by atoms with van der Waals surface area (Å²) in [5, 5.41) is 2.90. The number of likely N-dealkylation sites (tertiary alicyclic amines) is 1. The van der Waals surface area contributed by atoms with Crippen LogP contribution in [-0.4, -0.2) is 42.3 Å². The third kappa shape index (κ3) is 4.59. The molecule has 7 nitrogen and oxygen atoms in total. The second-order valence-corrected chi connectivity index (χ2v) is 8.70. The monoisotopic (exact) mass is 473 g/mol. The molecule has 2 aliphatic heterocycles. The van der Waals surface area contributed by atoms with E-state index in [2.05, 4.69) is 21.2 Å². The first-order valence-corrected chi connectivity index (χ1v) is 11.0. The predicted molar refractivity (Wildman–Crippen MR) is 114 cm³/mol. The quantitative estimate of drug-likeness (QED) is 0.723. The Kier molecular flexibility index (Phi) is 6.22. The molecule has 0 radical (unpaired) electrons. The van der Waals surface area contributed by atoms with Crippen LogP contribution in [0.5, 0.6) is 0 Å². The van der Waals surface area contributed by atoms with Crippen LogP contribution >= 0.6 is 15.9 Å². The second-order valence-electron chi connectivity index (χ2n) is 7.78. The van der Waals surface area contributed by atoms with Gasteiger partial charge in [-0.3, -0.25) is 14.4 Å². The Morgan fingerprint density at radius 3 is 2.63 bits per heavy atom. The number of hydrogen-bond donors (Lipinski definition) is 1. The summed E-state index contributed by atoms with van der Waals surface area (Å²) in [5.74, 6) is 0.259. The molecule has 0 spiro atoms. The molecule has 4 rings (SSSR count). The number of carbonyl (C=O) groups is 3. The van der Waals surface area contributed by atoms with Crippen LogP contribution in [-0.2, 0) is 20.9 Å². The van der Waals surface area contributed by atoms with Crippen LogP contribution in [0.15, 0.2) is 51.6 Å². The Labute approximate surface area is 183 Å². The molecule has 3 heterocycles. The van der Waals surface area contributed by atoms with E-state index in [-0.39, 0.29) is 36.0 Å². The number of anilines is 1. The van der Waals surface area contributed by atoms with Gasteiger partial charge in [0.15, 0.2) is 0 Å². The summed E-state index contributed by atoms with van der Waals surface area (Å²) in [5.41, 5.74) is 0.802. The van der Waals surface area contributed by atoms with Crippen molar-refractivity contribution in [3.8, 4) is 0 Å². The average molecular weight is 474 g/mol. The van der Waals surface area contributed by atoms with Crippen LogP contribution in [0.2, 0.25) is 0 Å². The molecule has 2 saturated heterocycles. The molecule has 8 heteroatoms. The molecule has 1 aromatic carbocycles. The van der Waals surface area contributed by atoms with Crippen LogP contribution in [0.3, 0.4) is 0 Å². The summed E-state index contributed by atoms with van der Waals surface area (Å²) >= 11 is 3.42. The largest absolute Gasteiger partial charge is 0.467 e. The van der Waals surface area contributed by atoms with Crippen molar-refractivity contribution in [2.75, 3.05) is 24.5 Å². The summed E-state index contributed by atoms with van der Waals surface area (Å²) in [4.78, 5) is 41.3. The maximum absolute atomic E-state index is 13.0. The van der Waals surface area contributed by atoms with Gasteiger partial charge in [0.1, 0.15) is 5.76 Å². The van der Waals surface area contributed by atoms with Crippen molar-refractivity contribution >= 4 is 39.3 Å². The molecule has 3 amide bonds. The fraction of sp³-hybridized carbons (Fsp3) is 0.409. The highest BCUT2D eigenvalue weighted by Crippen LogP contribution is 2.29. The van der Waals surface area contributed by atoms with Crippen LogP contribution in [0.1, 0.15) is 25.0 Å². The fourth-order valence-corrected chi connectivity index (χ4v) is 4.51. The van der Waals surface area contributed by atoms with Crippen LogP contribution in [0.4, 0.5) is 5.69 Å². The Morgan fingerprint density at radius 1 is 1.13 bits per heavy atom. The maximum atomic E-state index is 13.0. The number of nitrogens with one attached hydrogen (secondary N) is 1. The van der Waals surface area contributed by atoms with Gasteiger partial charge in [0.2, 0.25) is 17.7 Å². The number of rotatable bonds is 5. The molecule has 0 bridgehead atoms. The minimum atomic E-state index is -0.333. The number of hydrogen-bond acceptors (Lipinski definition) is 4. The fourth-order valence-electron chi connectivity index (χ4n) is 4.12. The Hall–Kier alpha value is -2.61. The predicted octanol–water partition coefficient (Wildman–Crippen LogP) is 2.95. The first kappa shape index (κ1) is 20.7. The van der Waals surface area contributed by atoms with Crippen molar-refractivity contribution in [3.05, 3.63) is 52.9 Å². The van der Waals surface area contributed by atoms with E-state index in [0.29, 0.717) is 39.0 Å². The summed E-state index contributed by atoms with van der Waals surface area (Å²) in [7, 11) is 0. The lowest BCUT2D eigenvalue weighted by Gasteiger charge is -2.32. The zero-order valence-corrected chi connectivity index (χ0v) is 18.1. The molecular formula is C22H24BrN3O4. The summed E-state index contributed by atoms with van der Waals surface area (Å²) < 4.78 is 6.13. The van der Waals surface area contributed by atoms with Gasteiger partial charge in [-0.2, -0.15) is 0 Å². The molecule has 0 saturated carbocycles. The van der Waals surface area contributed by atoms with E-state index in [0.717, 1.165) is 15.9 Å². The highest BCUT2D eigenvalue weighted by molar-refractivity contribution is 9.10. The molecule has 1 N–H and O–H groups in total. The average Bonchev–Trinajstić information content (AvgIpc) is 3.41. The first-order valence-electron chi connectivity index (χ1n) is 10.2.